The lowest BCUT2D eigenvalue weighted by Crippen LogP contribution is -2.20. The van der Waals surface area contributed by atoms with Gasteiger partial charge in [-0.05, 0) is 59.8 Å². The maximum absolute atomic E-state index is 11.0. The van der Waals surface area contributed by atoms with E-state index in [0.717, 1.165) is 21.9 Å². The van der Waals surface area contributed by atoms with Crippen LogP contribution in [0.4, 0.5) is 5.69 Å². The molecule has 0 fully saturated rings. The molecule has 7 heteroatoms. The molecule has 0 radical (unpaired) electrons. The molecule has 0 aliphatic carbocycles. The molecule has 272 valence electrons. The molecule has 0 unspecified atom stereocenters. The van der Waals surface area contributed by atoms with E-state index in [1.54, 1.807) is 36.2 Å². The van der Waals surface area contributed by atoms with Crippen LogP contribution in [0.25, 0.3) is 10.4 Å². The van der Waals surface area contributed by atoms with Gasteiger partial charge in [-0.1, -0.05) is 182 Å². The monoisotopic (exact) mass is 772 g/mol. The van der Waals surface area contributed by atoms with Crippen molar-refractivity contribution < 1.29 is 9.53 Å². The van der Waals surface area contributed by atoms with Gasteiger partial charge < -0.3 is 10.1 Å². The van der Waals surface area contributed by atoms with Crippen LogP contribution in [0, 0.1) is 0 Å². The van der Waals surface area contributed by atoms with Gasteiger partial charge >= 0.3 is 0 Å². The Hall–Kier alpha value is -5.70. The van der Waals surface area contributed by atoms with Gasteiger partial charge in [0.1, 0.15) is 5.75 Å². The number of benzene rings is 7. The molecule has 55 heavy (non-hydrogen) atoms. The fourth-order valence-corrected chi connectivity index (χ4v) is 11.1. The summed E-state index contributed by atoms with van der Waals surface area (Å²) in [6, 6.07) is 70.2. The molecular weight excluding hydrogens is 731 g/mol. The molecule has 8 aromatic rings. The summed E-state index contributed by atoms with van der Waals surface area (Å²) in [7, 11) is 0.717. The Kier molecular flexibility index (Phi) is 14.7. The summed E-state index contributed by atoms with van der Waals surface area (Å²) in [5, 5.41) is 11.1. The molecule has 0 saturated carbocycles. The van der Waals surface area contributed by atoms with Gasteiger partial charge in [-0.25, -0.2) is 0 Å². The third kappa shape index (κ3) is 11.2. The van der Waals surface area contributed by atoms with Crippen LogP contribution in [0.3, 0.4) is 0 Å². The molecule has 0 aliphatic rings. The van der Waals surface area contributed by atoms with Gasteiger partial charge in [-0.2, -0.15) is 0 Å². The number of amides is 1. The van der Waals surface area contributed by atoms with Crippen LogP contribution in [-0.4, -0.2) is 18.0 Å². The maximum atomic E-state index is 11.0. The van der Waals surface area contributed by atoms with E-state index in [9.17, 15) is 4.79 Å². The zero-order chi connectivity index (χ0) is 38.1. The Morgan fingerprint density at radius 2 is 0.873 bits per heavy atom. The Morgan fingerprint density at radius 3 is 1.15 bits per heavy atom. The second-order valence-electron chi connectivity index (χ2n) is 12.1. The third-order valence-electron chi connectivity index (χ3n) is 8.31. The summed E-state index contributed by atoms with van der Waals surface area (Å²) in [6.45, 7) is 1.48. The predicted octanol–water partition coefficient (Wildman–Crippen LogP) is 9.67. The number of anilines is 1. The quantitative estimate of drug-likeness (QED) is 0.149. The van der Waals surface area contributed by atoms with Crippen molar-refractivity contribution in [1.29, 1.82) is 0 Å². The van der Waals surface area contributed by atoms with Crippen LogP contribution in [-0.2, 0) is 4.79 Å². The van der Waals surface area contributed by atoms with Crippen LogP contribution in [0.2, 0.25) is 0 Å². The molecule has 8 rings (SSSR count). The second-order valence-corrected chi connectivity index (χ2v) is 17.5. The fourth-order valence-electron chi connectivity index (χ4n) is 5.88. The van der Waals surface area contributed by atoms with Crippen LogP contribution >= 0.6 is 27.2 Å². The normalized spacial score (nSPS) is 10.4. The Morgan fingerprint density at radius 1 is 0.527 bits per heavy atom. The Balaban J connectivity index is 0.000000141. The average Bonchev–Trinajstić information content (AvgIpc) is 3.79. The van der Waals surface area contributed by atoms with Gasteiger partial charge in [0.25, 0.3) is 0 Å². The van der Waals surface area contributed by atoms with Crippen molar-refractivity contribution in [3.63, 3.8) is 0 Å². The Labute approximate surface area is 331 Å². The summed E-state index contributed by atoms with van der Waals surface area (Å²) in [6.07, 6.45) is 1.79. The molecule has 7 aromatic carbocycles. The standard InChI is InChI=1S/2C18H15P.C12H12N2O2S/c2*1-4-10-16(11-5-1)19(17-12-6-2-7-13-17)18-14-8-3-9-15-18;1-8(15)14-9-3-4-10(11(5-9)16-2)12-6-13-7-17-12/h2*1-15H;3-7H,1-2H3,(H,14,15). The number of hydrogen-bond acceptors (Lipinski definition) is 4. The van der Waals surface area contributed by atoms with E-state index < -0.39 is 15.8 Å². The average molecular weight is 773 g/mol. The lowest BCUT2D eigenvalue weighted by molar-refractivity contribution is -0.114. The predicted molar refractivity (Wildman–Crippen MR) is 239 cm³/mol. The number of aromatic nitrogens is 1. The first-order valence-electron chi connectivity index (χ1n) is 17.9. The zero-order valence-corrected chi connectivity index (χ0v) is 33.4. The first-order valence-corrected chi connectivity index (χ1v) is 21.4. The van der Waals surface area contributed by atoms with E-state index in [4.69, 9.17) is 4.74 Å². The number of hydrogen-bond donors (Lipinski definition) is 1. The van der Waals surface area contributed by atoms with Crippen LogP contribution in [0.1, 0.15) is 6.92 Å². The van der Waals surface area contributed by atoms with E-state index in [1.807, 2.05) is 12.1 Å². The van der Waals surface area contributed by atoms with Crippen molar-refractivity contribution >= 4 is 70.6 Å². The number of carbonyl (C=O) groups is 1. The number of nitrogens with one attached hydrogen (secondary N) is 1. The van der Waals surface area contributed by atoms with Gasteiger partial charge in [-0.15, -0.1) is 11.3 Å². The smallest absolute Gasteiger partial charge is 0.221 e. The van der Waals surface area contributed by atoms with E-state index >= 15 is 0 Å². The van der Waals surface area contributed by atoms with E-state index in [1.165, 1.54) is 38.8 Å². The Bertz CT molecular complexity index is 1990. The summed E-state index contributed by atoms with van der Waals surface area (Å²) in [4.78, 5) is 16.0. The molecule has 1 aromatic heterocycles. The van der Waals surface area contributed by atoms with Gasteiger partial charge in [0, 0.05) is 30.4 Å². The number of methoxy groups -OCH3 is 1. The van der Waals surface area contributed by atoms with Crippen molar-refractivity contribution in [2.75, 3.05) is 12.4 Å². The zero-order valence-electron chi connectivity index (χ0n) is 30.8. The van der Waals surface area contributed by atoms with Crippen molar-refractivity contribution in [2.45, 2.75) is 6.92 Å². The van der Waals surface area contributed by atoms with Crippen LogP contribution < -0.4 is 41.9 Å². The van der Waals surface area contributed by atoms with Crippen molar-refractivity contribution in [3.8, 4) is 16.2 Å². The highest BCUT2D eigenvalue weighted by atomic mass is 32.1. The van der Waals surface area contributed by atoms with E-state index in [-0.39, 0.29) is 5.91 Å². The van der Waals surface area contributed by atoms with Crippen molar-refractivity contribution in [2.24, 2.45) is 0 Å². The number of thiazole rings is 1. The maximum Gasteiger partial charge on any atom is 0.221 e. The van der Waals surface area contributed by atoms with Crippen LogP contribution in [0.5, 0.6) is 5.75 Å². The summed E-state index contributed by atoms with van der Waals surface area (Å²) >= 11 is 1.55. The first kappa shape index (κ1) is 39.0. The highest BCUT2D eigenvalue weighted by Crippen LogP contribution is 2.35. The van der Waals surface area contributed by atoms with Gasteiger partial charge in [-0.3, -0.25) is 9.78 Å². The summed E-state index contributed by atoms with van der Waals surface area (Å²) in [5.41, 5.74) is 3.47. The lowest BCUT2D eigenvalue weighted by atomic mass is 10.1. The molecular formula is C48H42N2O2P2S. The molecule has 4 nitrogen and oxygen atoms in total. The molecule has 0 aliphatic heterocycles. The topological polar surface area (TPSA) is 51.2 Å². The molecule has 0 bridgehead atoms. The highest BCUT2D eigenvalue weighted by Gasteiger charge is 2.16. The molecule has 1 N–H and O–H groups in total. The molecule has 1 amide bonds. The molecule has 0 saturated heterocycles. The SMILES string of the molecule is COc1cc(NC(C)=O)ccc1-c1cncs1.c1ccc(P(c2ccccc2)c2ccccc2)cc1.c1ccc(P(c2ccccc2)c2ccccc2)cc1. The van der Waals surface area contributed by atoms with Gasteiger partial charge in [0.05, 0.1) is 17.5 Å². The second kappa shape index (κ2) is 20.7. The minimum absolute atomic E-state index is 0.0995. The fraction of sp³-hybridized carbons (Fsp3) is 0.0417. The van der Waals surface area contributed by atoms with Crippen molar-refractivity contribution in [3.05, 3.63) is 212 Å². The molecule has 0 spiro atoms. The summed E-state index contributed by atoms with van der Waals surface area (Å²) < 4.78 is 5.32. The number of ether oxygens (including phenoxy) is 1. The lowest BCUT2D eigenvalue weighted by Gasteiger charge is -2.18. The van der Waals surface area contributed by atoms with Gasteiger partial charge in [0.2, 0.25) is 5.91 Å². The highest BCUT2D eigenvalue weighted by molar-refractivity contribution is 7.80. The number of nitrogens with zero attached hydrogens (tertiary/aromatic N) is 1. The minimum Gasteiger partial charge on any atom is -0.496 e. The van der Waals surface area contributed by atoms with Crippen molar-refractivity contribution in [1.82, 2.24) is 4.98 Å². The van der Waals surface area contributed by atoms with E-state index in [2.05, 4.69) is 192 Å². The molecule has 1 heterocycles. The number of carbonyl (C=O) groups excluding carboxylic acids is 1. The number of rotatable bonds is 9. The largest absolute Gasteiger partial charge is 0.496 e. The minimum atomic E-state index is -0.446. The molecule has 0 atom stereocenters. The third-order valence-corrected chi connectivity index (χ3v) is 14.0. The van der Waals surface area contributed by atoms with Gasteiger partial charge in [0.15, 0.2) is 0 Å². The summed E-state index contributed by atoms with van der Waals surface area (Å²) in [5.74, 6) is 0.623. The van der Waals surface area contributed by atoms with E-state index in [0.29, 0.717) is 0 Å². The van der Waals surface area contributed by atoms with Crippen LogP contribution in [0.15, 0.2) is 212 Å². The first-order chi connectivity index (χ1) is 27.1.